The number of benzene rings is 1. The number of carboxylic acids is 1. The number of ether oxygens (including phenoxy) is 1. The number of hydrogen-bond donors (Lipinski definition) is 1. The fourth-order valence-electron chi connectivity index (χ4n) is 2.72. The highest BCUT2D eigenvalue weighted by Crippen LogP contribution is 2.35. The van der Waals surface area contributed by atoms with Crippen LogP contribution in [0.5, 0.6) is 5.75 Å². The largest absolute Gasteiger partial charge is 0.496 e. The summed E-state index contributed by atoms with van der Waals surface area (Å²) < 4.78 is 5.35. The van der Waals surface area contributed by atoms with Gasteiger partial charge in [0.1, 0.15) is 11.3 Å². The van der Waals surface area contributed by atoms with Gasteiger partial charge in [-0.25, -0.2) is 4.79 Å². The molecule has 1 aromatic carbocycles. The van der Waals surface area contributed by atoms with Gasteiger partial charge in [0.05, 0.1) is 7.11 Å². The number of carbonyl (C=O) groups is 1. The second-order valence-corrected chi connectivity index (χ2v) is 5.37. The molecular weight excluding hydrogens is 256 g/mol. The van der Waals surface area contributed by atoms with Crippen LogP contribution < -0.4 is 4.74 Å². The first-order valence-corrected chi connectivity index (χ1v) is 6.80. The quantitative estimate of drug-likeness (QED) is 0.898. The molecule has 5 nitrogen and oxygen atoms in total. The van der Waals surface area contributed by atoms with Crippen LogP contribution in [0.4, 0.5) is 0 Å². The third-order valence-electron chi connectivity index (χ3n) is 4.18. The summed E-state index contributed by atoms with van der Waals surface area (Å²) in [7, 11) is 3.63. The predicted octanol–water partition coefficient (Wildman–Crippen LogP) is 1.24. The Labute approximate surface area is 119 Å². The first-order chi connectivity index (χ1) is 9.50. The zero-order valence-electron chi connectivity index (χ0n) is 12.3. The van der Waals surface area contributed by atoms with E-state index < -0.39 is 11.5 Å². The van der Waals surface area contributed by atoms with Crippen molar-refractivity contribution in [1.29, 1.82) is 0 Å². The van der Waals surface area contributed by atoms with Crippen LogP contribution in [0.15, 0.2) is 24.3 Å². The number of piperazine rings is 1. The van der Waals surface area contributed by atoms with Gasteiger partial charge in [0.25, 0.3) is 0 Å². The first kappa shape index (κ1) is 14.8. The van der Waals surface area contributed by atoms with Crippen LogP contribution in [0.2, 0.25) is 0 Å². The molecule has 1 saturated heterocycles. The van der Waals surface area contributed by atoms with Crippen molar-refractivity contribution in [2.24, 2.45) is 0 Å². The Balaban J connectivity index is 2.41. The Hall–Kier alpha value is -1.59. The summed E-state index contributed by atoms with van der Waals surface area (Å²) in [5.41, 5.74) is -0.354. The minimum absolute atomic E-state index is 0.622. The molecule has 1 unspecified atom stereocenters. The Morgan fingerprint density at radius 1 is 1.25 bits per heavy atom. The van der Waals surface area contributed by atoms with Gasteiger partial charge in [-0.2, -0.15) is 0 Å². The number of likely N-dealkylation sites (N-methyl/N-ethyl adjacent to an activating group) is 1. The summed E-state index contributed by atoms with van der Waals surface area (Å²) in [6.07, 6.45) is 0. The summed E-state index contributed by atoms with van der Waals surface area (Å²) >= 11 is 0. The van der Waals surface area contributed by atoms with E-state index in [1.807, 2.05) is 29.2 Å². The van der Waals surface area contributed by atoms with Crippen molar-refractivity contribution in [3.05, 3.63) is 29.8 Å². The molecule has 110 valence electrons. The number of methoxy groups -OCH3 is 1. The SMILES string of the molecule is COc1ccccc1C(C)(C(=O)O)N1CCN(C)CC1. The molecule has 5 heteroatoms. The summed E-state index contributed by atoms with van der Waals surface area (Å²) in [5.74, 6) is -0.220. The van der Waals surface area contributed by atoms with Crippen molar-refractivity contribution < 1.29 is 14.6 Å². The molecule has 1 heterocycles. The van der Waals surface area contributed by atoms with Crippen molar-refractivity contribution >= 4 is 5.97 Å². The van der Waals surface area contributed by atoms with Gasteiger partial charge in [0.2, 0.25) is 0 Å². The third kappa shape index (κ3) is 2.51. The molecule has 20 heavy (non-hydrogen) atoms. The van der Waals surface area contributed by atoms with E-state index in [4.69, 9.17) is 4.74 Å². The number of hydrogen-bond acceptors (Lipinski definition) is 4. The van der Waals surface area contributed by atoms with Gasteiger partial charge in [-0.1, -0.05) is 18.2 Å². The maximum atomic E-state index is 12.0. The third-order valence-corrected chi connectivity index (χ3v) is 4.18. The lowest BCUT2D eigenvalue weighted by Crippen LogP contribution is -2.57. The van der Waals surface area contributed by atoms with Crippen LogP contribution in [-0.4, -0.2) is 61.2 Å². The normalized spacial score (nSPS) is 20.4. The molecule has 0 amide bonds. The molecule has 0 saturated carbocycles. The van der Waals surface area contributed by atoms with Crippen molar-refractivity contribution in [2.75, 3.05) is 40.3 Å². The van der Waals surface area contributed by atoms with Gasteiger partial charge < -0.3 is 14.7 Å². The van der Waals surface area contributed by atoms with Gasteiger partial charge in [-0.15, -0.1) is 0 Å². The Morgan fingerprint density at radius 3 is 2.40 bits per heavy atom. The summed E-state index contributed by atoms with van der Waals surface area (Å²) in [6.45, 7) is 4.98. The lowest BCUT2D eigenvalue weighted by atomic mass is 9.88. The molecule has 1 N–H and O–H groups in total. The molecule has 1 aliphatic rings. The number of rotatable bonds is 4. The maximum absolute atomic E-state index is 12.0. The lowest BCUT2D eigenvalue weighted by molar-refractivity contribution is -0.152. The maximum Gasteiger partial charge on any atom is 0.328 e. The molecule has 1 aromatic rings. The van der Waals surface area contributed by atoms with Gasteiger partial charge in [-0.3, -0.25) is 4.90 Å². The average Bonchev–Trinajstić information content (AvgIpc) is 2.47. The molecule has 1 fully saturated rings. The lowest BCUT2D eigenvalue weighted by Gasteiger charge is -2.43. The van der Waals surface area contributed by atoms with Crippen molar-refractivity contribution in [1.82, 2.24) is 9.80 Å². The van der Waals surface area contributed by atoms with Crippen molar-refractivity contribution in [2.45, 2.75) is 12.5 Å². The zero-order valence-corrected chi connectivity index (χ0v) is 12.3. The molecule has 0 aliphatic carbocycles. The van der Waals surface area contributed by atoms with Crippen LogP contribution in [0, 0.1) is 0 Å². The van der Waals surface area contributed by atoms with Crippen LogP contribution in [0.1, 0.15) is 12.5 Å². The Kier molecular flexibility index (Phi) is 4.30. The van der Waals surface area contributed by atoms with Gasteiger partial charge in [-0.05, 0) is 20.0 Å². The highest BCUT2D eigenvalue weighted by molar-refractivity contribution is 5.81. The van der Waals surface area contributed by atoms with Gasteiger partial charge >= 0.3 is 5.97 Å². The Bertz CT molecular complexity index is 484. The number of nitrogens with zero attached hydrogens (tertiary/aromatic N) is 2. The van der Waals surface area contributed by atoms with E-state index in [1.165, 1.54) is 0 Å². The molecule has 0 bridgehead atoms. The standard InChI is InChI=1S/C15H22N2O3/c1-15(14(18)19,17-10-8-16(2)9-11-17)12-6-4-5-7-13(12)20-3/h4-7H,8-11H2,1-3H3,(H,18,19). The number of carboxylic acid groups (broad SMARTS) is 1. The van der Waals surface area contributed by atoms with E-state index in [0.29, 0.717) is 11.3 Å². The highest BCUT2D eigenvalue weighted by atomic mass is 16.5. The monoisotopic (exact) mass is 278 g/mol. The fourth-order valence-corrected chi connectivity index (χ4v) is 2.72. The molecule has 1 aliphatic heterocycles. The van der Waals surface area contributed by atoms with Crippen LogP contribution in [0.3, 0.4) is 0 Å². The zero-order chi connectivity index (χ0) is 14.8. The van der Waals surface area contributed by atoms with Gasteiger partial charge in [0, 0.05) is 31.7 Å². The number of aliphatic carboxylic acids is 1. The second kappa shape index (κ2) is 5.81. The fraction of sp³-hybridized carbons (Fsp3) is 0.533. The minimum atomic E-state index is -1.06. The van der Waals surface area contributed by atoms with Crippen molar-refractivity contribution in [3.63, 3.8) is 0 Å². The molecule has 0 spiro atoms. The summed E-state index contributed by atoms with van der Waals surface area (Å²) in [6, 6.07) is 7.36. The van der Waals surface area contributed by atoms with Gasteiger partial charge in [0.15, 0.2) is 0 Å². The summed E-state index contributed by atoms with van der Waals surface area (Å²) in [4.78, 5) is 16.2. The molecule has 0 radical (unpaired) electrons. The molecule has 1 atom stereocenters. The van der Waals surface area contributed by atoms with Crippen LogP contribution in [-0.2, 0) is 10.3 Å². The van der Waals surface area contributed by atoms with E-state index in [9.17, 15) is 9.90 Å². The molecular formula is C15H22N2O3. The van der Waals surface area contributed by atoms with Crippen LogP contribution >= 0.6 is 0 Å². The highest BCUT2D eigenvalue weighted by Gasteiger charge is 2.44. The van der Waals surface area contributed by atoms with E-state index in [0.717, 1.165) is 26.2 Å². The van der Waals surface area contributed by atoms with E-state index >= 15 is 0 Å². The minimum Gasteiger partial charge on any atom is -0.496 e. The van der Waals surface area contributed by atoms with Crippen molar-refractivity contribution in [3.8, 4) is 5.75 Å². The predicted molar refractivity (Wildman–Crippen MR) is 77.1 cm³/mol. The van der Waals surface area contributed by atoms with Crippen LogP contribution in [0.25, 0.3) is 0 Å². The average molecular weight is 278 g/mol. The molecule has 2 rings (SSSR count). The topological polar surface area (TPSA) is 53.0 Å². The number of para-hydroxylation sites is 1. The molecule has 0 aromatic heterocycles. The smallest absolute Gasteiger partial charge is 0.328 e. The summed E-state index contributed by atoms with van der Waals surface area (Å²) in [5, 5.41) is 9.81. The first-order valence-electron chi connectivity index (χ1n) is 6.80. The van der Waals surface area contributed by atoms with E-state index in [-0.39, 0.29) is 0 Å². The Morgan fingerprint density at radius 2 is 1.85 bits per heavy atom. The van der Waals surface area contributed by atoms with E-state index in [2.05, 4.69) is 11.9 Å². The second-order valence-electron chi connectivity index (χ2n) is 5.37. The van der Waals surface area contributed by atoms with E-state index in [1.54, 1.807) is 14.0 Å².